The summed E-state index contributed by atoms with van der Waals surface area (Å²) in [7, 11) is 1.47. The van der Waals surface area contributed by atoms with Gasteiger partial charge in [0.05, 0.1) is 36.0 Å². The zero-order valence-corrected chi connectivity index (χ0v) is 27.4. The van der Waals surface area contributed by atoms with Crippen molar-refractivity contribution in [3.63, 3.8) is 0 Å². The van der Waals surface area contributed by atoms with Crippen LogP contribution >= 0.6 is 11.6 Å². The topological polar surface area (TPSA) is 104 Å². The summed E-state index contributed by atoms with van der Waals surface area (Å²) in [5.74, 6) is -3.96. The lowest BCUT2D eigenvalue weighted by Gasteiger charge is -2.50. The highest BCUT2D eigenvalue weighted by Gasteiger charge is 2.70. The number of aromatic hydroxyl groups is 1. The maximum Gasteiger partial charge on any atom is 0.246 e. The summed E-state index contributed by atoms with van der Waals surface area (Å²) in [6.07, 6.45) is 7.38. The maximum atomic E-state index is 15.3. The van der Waals surface area contributed by atoms with Crippen LogP contribution in [0.2, 0.25) is 5.02 Å². The van der Waals surface area contributed by atoms with Gasteiger partial charge < -0.3 is 9.84 Å². The van der Waals surface area contributed by atoms with E-state index in [9.17, 15) is 19.5 Å². The van der Waals surface area contributed by atoms with Crippen molar-refractivity contribution in [2.24, 2.45) is 23.7 Å². The molecule has 3 aromatic rings. The predicted octanol–water partition coefficient (Wildman–Crippen LogP) is 6.55. The van der Waals surface area contributed by atoms with Crippen molar-refractivity contribution in [2.45, 2.75) is 62.3 Å². The van der Waals surface area contributed by atoms with Crippen LogP contribution in [0, 0.1) is 23.7 Å². The number of carbonyl (C=O) groups is 4. The number of nitrogens with zero attached hydrogens (tertiary/aromatic N) is 2. The lowest BCUT2D eigenvalue weighted by atomic mass is 9.49. The largest absolute Gasteiger partial charge is 0.504 e. The molecule has 2 saturated heterocycles. The molecule has 9 heteroatoms. The van der Waals surface area contributed by atoms with Crippen LogP contribution in [0.25, 0.3) is 0 Å². The van der Waals surface area contributed by atoms with Crippen LogP contribution in [0.5, 0.6) is 11.5 Å². The zero-order valence-electron chi connectivity index (χ0n) is 26.7. The number of carbonyl (C=O) groups excluding carboxylic acids is 4. The molecule has 0 bridgehead atoms. The number of methoxy groups -OCH3 is 1. The maximum absolute atomic E-state index is 15.3. The van der Waals surface area contributed by atoms with Crippen molar-refractivity contribution < 1.29 is 29.0 Å². The Morgan fingerprint density at radius 1 is 0.854 bits per heavy atom. The number of anilines is 1. The summed E-state index contributed by atoms with van der Waals surface area (Å²) in [6.45, 7) is 0. The number of phenolic OH excluding ortho intramolecular Hbond substituents is 1. The van der Waals surface area contributed by atoms with Crippen molar-refractivity contribution in [3.8, 4) is 11.5 Å². The Bertz CT molecular complexity index is 1870. The molecule has 8 nitrogen and oxygen atoms in total. The van der Waals surface area contributed by atoms with Gasteiger partial charge in [-0.05, 0) is 73.1 Å². The molecule has 6 unspecified atom stereocenters. The van der Waals surface area contributed by atoms with Crippen LogP contribution < -0.4 is 9.64 Å². The number of allylic oxidation sites excluding steroid dienone is 2. The second-order valence-corrected chi connectivity index (χ2v) is 14.3. The van der Waals surface area contributed by atoms with Gasteiger partial charge in [-0.1, -0.05) is 85.0 Å². The molecule has 5 aliphatic rings. The lowest BCUT2D eigenvalue weighted by molar-refractivity contribution is -0.143. The number of fused-ring (bicyclic) bond motifs is 4. The molecule has 2 heterocycles. The van der Waals surface area contributed by atoms with Gasteiger partial charge in [-0.3, -0.25) is 24.1 Å². The van der Waals surface area contributed by atoms with Crippen molar-refractivity contribution in [1.82, 2.24) is 4.90 Å². The van der Waals surface area contributed by atoms with E-state index in [1.807, 2.05) is 42.5 Å². The van der Waals surface area contributed by atoms with E-state index in [-0.39, 0.29) is 47.6 Å². The Balaban J connectivity index is 1.34. The fourth-order valence-corrected chi connectivity index (χ4v) is 9.91. The first-order chi connectivity index (χ1) is 23.3. The first-order valence-corrected chi connectivity index (χ1v) is 17.3. The number of hydrogen-bond acceptors (Lipinski definition) is 6. The van der Waals surface area contributed by atoms with Crippen molar-refractivity contribution >= 4 is 40.9 Å². The van der Waals surface area contributed by atoms with Crippen molar-refractivity contribution in [1.29, 1.82) is 0 Å². The van der Waals surface area contributed by atoms with E-state index in [1.54, 1.807) is 41.3 Å². The highest BCUT2D eigenvalue weighted by atomic mass is 35.5. The van der Waals surface area contributed by atoms with Crippen LogP contribution in [-0.2, 0) is 24.6 Å². The molecule has 3 aliphatic carbocycles. The van der Waals surface area contributed by atoms with Crippen LogP contribution in [0.15, 0.2) is 84.4 Å². The molecule has 4 fully saturated rings. The van der Waals surface area contributed by atoms with Gasteiger partial charge in [0.15, 0.2) is 11.5 Å². The molecular weight excluding hydrogens is 628 g/mol. The summed E-state index contributed by atoms with van der Waals surface area (Å²) < 4.78 is 5.37. The summed E-state index contributed by atoms with van der Waals surface area (Å²) in [5, 5.41) is 11.5. The number of benzene rings is 3. The quantitative estimate of drug-likeness (QED) is 0.245. The van der Waals surface area contributed by atoms with Crippen LogP contribution in [0.3, 0.4) is 0 Å². The third kappa shape index (κ3) is 4.34. The molecule has 6 atom stereocenters. The van der Waals surface area contributed by atoms with E-state index in [0.717, 1.165) is 37.7 Å². The molecular formula is C39H37ClN2O6. The zero-order chi connectivity index (χ0) is 33.3. The second-order valence-electron chi connectivity index (χ2n) is 13.9. The van der Waals surface area contributed by atoms with Crippen molar-refractivity contribution in [2.75, 3.05) is 12.0 Å². The number of halogens is 1. The van der Waals surface area contributed by atoms with Gasteiger partial charge in [0.1, 0.15) is 0 Å². The number of imide groups is 2. The fourth-order valence-electron chi connectivity index (χ4n) is 9.73. The third-order valence-corrected chi connectivity index (χ3v) is 11.9. The summed E-state index contributed by atoms with van der Waals surface area (Å²) >= 11 is 6.39. The fraction of sp³-hybridized carbons (Fsp3) is 0.385. The van der Waals surface area contributed by atoms with E-state index in [1.165, 1.54) is 12.0 Å². The Morgan fingerprint density at radius 3 is 2.33 bits per heavy atom. The van der Waals surface area contributed by atoms with E-state index in [4.69, 9.17) is 16.3 Å². The molecule has 2 aliphatic heterocycles. The Morgan fingerprint density at radius 2 is 1.62 bits per heavy atom. The standard InChI is InChI=1S/C39H37ClN2O6/c1-48-32-18-15-22(19-31(32)43)34-27-16-17-28-33(37(46)41(35(28)44)25-12-6-3-7-13-25)29(27)21-30-36(45)42(26-14-8-11-24(40)20-26)38(47)39(30,34)23-9-4-2-5-10-23/h2,4-5,8-11,14-16,18-20,25,28-30,33-34,43H,3,6-7,12-13,17,21H2,1H3. The summed E-state index contributed by atoms with van der Waals surface area (Å²) in [6, 6.07) is 21.1. The number of likely N-dealkylation sites (tertiary alicyclic amines) is 1. The molecule has 246 valence electrons. The molecule has 48 heavy (non-hydrogen) atoms. The number of rotatable bonds is 5. The Hall–Kier alpha value is -4.43. The van der Waals surface area contributed by atoms with Gasteiger partial charge in [0.2, 0.25) is 23.6 Å². The van der Waals surface area contributed by atoms with E-state index in [2.05, 4.69) is 0 Å². The minimum Gasteiger partial charge on any atom is -0.504 e. The third-order valence-electron chi connectivity index (χ3n) is 11.7. The number of phenols is 1. The number of ether oxygens (including phenoxy) is 1. The van der Waals surface area contributed by atoms with Crippen LogP contribution in [0.4, 0.5) is 5.69 Å². The predicted molar refractivity (Wildman–Crippen MR) is 179 cm³/mol. The van der Waals surface area contributed by atoms with Crippen LogP contribution in [-0.4, -0.2) is 46.8 Å². The van der Waals surface area contributed by atoms with Gasteiger partial charge in [-0.15, -0.1) is 0 Å². The Labute approximate surface area is 284 Å². The molecule has 8 rings (SSSR count). The average Bonchev–Trinajstić information content (AvgIpc) is 3.49. The highest BCUT2D eigenvalue weighted by molar-refractivity contribution is 6.32. The first kappa shape index (κ1) is 30.9. The second kappa shape index (κ2) is 11.6. The number of hydrogen-bond donors (Lipinski definition) is 1. The van der Waals surface area contributed by atoms with E-state index in [0.29, 0.717) is 28.3 Å². The molecule has 3 aromatic carbocycles. The lowest BCUT2D eigenvalue weighted by Crippen LogP contribution is -2.53. The van der Waals surface area contributed by atoms with Gasteiger partial charge in [-0.2, -0.15) is 0 Å². The van der Waals surface area contributed by atoms with Gasteiger partial charge in [0, 0.05) is 17.0 Å². The molecule has 0 aromatic heterocycles. The highest BCUT2D eigenvalue weighted by Crippen LogP contribution is 2.65. The van der Waals surface area contributed by atoms with E-state index < -0.39 is 35.0 Å². The van der Waals surface area contributed by atoms with Gasteiger partial charge in [-0.25, -0.2) is 4.90 Å². The molecule has 4 amide bonds. The van der Waals surface area contributed by atoms with Gasteiger partial charge in [0.25, 0.3) is 0 Å². The number of amides is 4. The monoisotopic (exact) mass is 664 g/mol. The summed E-state index contributed by atoms with van der Waals surface area (Å²) in [4.78, 5) is 61.3. The summed E-state index contributed by atoms with van der Waals surface area (Å²) in [5.41, 5.74) is 1.15. The SMILES string of the molecule is COc1ccc(C2C3=CCC4C(=O)N(C5CCCCC5)C(=O)C4C3CC3C(=O)N(c4cccc(Cl)c4)C(=O)C32c2ccccc2)cc1O. The minimum absolute atomic E-state index is 0.0924. The van der Waals surface area contributed by atoms with Crippen molar-refractivity contribution in [3.05, 3.63) is 101 Å². The smallest absolute Gasteiger partial charge is 0.246 e. The molecule has 0 spiro atoms. The molecule has 1 N–H and O–H groups in total. The molecule has 2 saturated carbocycles. The normalized spacial score (nSPS) is 30.2. The molecule has 0 radical (unpaired) electrons. The Kier molecular flexibility index (Phi) is 7.47. The van der Waals surface area contributed by atoms with E-state index >= 15 is 4.79 Å². The van der Waals surface area contributed by atoms with Crippen LogP contribution in [0.1, 0.15) is 62.0 Å². The first-order valence-electron chi connectivity index (χ1n) is 16.9. The van der Waals surface area contributed by atoms with Gasteiger partial charge >= 0.3 is 0 Å². The minimum atomic E-state index is -1.40. The average molecular weight is 665 g/mol.